The van der Waals surface area contributed by atoms with Crippen LogP contribution in [0.1, 0.15) is 25.5 Å². The molecule has 0 saturated carbocycles. The van der Waals surface area contributed by atoms with E-state index in [1.807, 2.05) is 0 Å². The minimum atomic E-state index is -1.66. The van der Waals surface area contributed by atoms with Gasteiger partial charge in [-0.2, -0.15) is 0 Å². The van der Waals surface area contributed by atoms with Gasteiger partial charge in [0.15, 0.2) is 0 Å². The van der Waals surface area contributed by atoms with Crippen LogP contribution in [0.2, 0.25) is 0 Å². The fourth-order valence-corrected chi connectivity index (χ4v) is 2.27. The molecule has 6 heteroatoms. The van der Waals surface area contributed by atoms with Crippen molar-refractivity contribution in [3.05, 3.63) is 29.8 Å². The minimum absolute atomic E-state index is 0.617. The van der Waals surface area contributed by atoms with Gasteiger partial charge in [0.1, 0.15) is 11.9 Å². The van der Waals surface area contributed by atoms with Crippen molar-refractivity contribution in [2.75, 3.05) is 7.11 Å². The molecular weight excluding hydrogens is 264 g/mol. The predicted molar refractivity (Wildman–Crippen MR) is 65.8 cm³/mol. The largest absolute Gasteiger partial charge is 0.497 e. The van der Waals surface area contributed by atoms with Gasteiger partial charge in [-0.3, -0.25) is 0 Å². The molecule has 20 heavy (non-hydrogen) atoms. The topological polar surface area (TPSA) is 74.4 Å². The lowest BCUT2D eigenvalue weighted by atomic mass is 9.98. The molecule has 2 heterocycles. The van der Waals surface area contributed by atoms with Crippen molar-refractivity contribution in [2.24, 2.45) is 0 Å². The average Bonchev–Trinajstić information content (AvgIpc) is 3.13. The Morgan fingerprint density at radius 3 is 2.40 bits per heavy atom. The average molecular weight is 278 g/mol. The monoisotopic (exact) mass is 278 g/mol. The molecule has 1 aromatic carbocycles. The van der Waals surface area contributed by atoms with E-state index < -0.39 is 29.4 Å². The summed E-state index contributed by atoms with van der Waals surface area (Å²) in [5, 5.41) is 0. The van der Waals surface area contributed by atoms with Crippen molar-refractivity contribution in [1.82, 2.24) is 0 Å². The summed E-state index contributed by atoms with van der Waals surface area (Å²) in [5.74, 6) is -2.08. The van der Waals surface area contributed by atoms with Gasteiger partial charge in [-0.15, -0.1) is 0 Å². The lowest BCUT2D eigenvalue weighted by molar-refractivity contribution is -0.241. The normalized spacial score (nSPS) is 25.9. The molecule has 1 spiro atoms. The maximum atomic E-state index is 12.1. The van der Waals surface area contributed by atoms with Crippen LogP contribution in [0.15, 0.2) is 24.3 Å². The summed E-state index contributed by atoms with van der Waals surface area (Å²) in [6, 6.07) is 6.98. The minimum Gasteiger partial charge on any atom is -0.497 e. The zero-order valence-electron chi connectivity index (χ0n) is 11.3. The van der Waals surface area contributed by atoms with Crippen LogP contribution in [0.3, 0.4) is 0 Å². The molecule has 106 valence electrons. The first-order valence-corrected chi connectivity index (χ1v) is 6.18. The standard InChI is InChI=1S/C14H14O6/c1-13(2)19-11(15)14(12(16)20-13)10(18-14)8-5-4-6-9(7-8)17-3/h4-7,10H,1-3H3. The summed E-state index contributed by atoms with van der Waals surface area (Å²) < 4.78 is 20.6. The Kier molecular flexibility index (Phi) is 2.56. The lowest BCUT2D eigenvalue weighted by Crippen LogP contribution is -2.52. The second-order valence-electron chi connectivity index (χ2n) is 5.19. The molecule has 2 aliphatic heterocycles. The Morgan fingerprint density at radius 2 is 1.80 bits per heavy atom. The summed E-state index contributed by atoms with van der Waals surface area (Å²) in [6.07, 6.45) is -0.700. The third kappa shape index (κ3) is 1.76. The van der Waals surface area contributed by atoms with E-state index in [4.69, 9.17) is 18.9 Å². The summed E-state index contributed by atoms with van der Waals surface area (Å²) in [5.41, 5.74) is -1.00. The van der Waals surface area contributed by atoms with Crippen LogP contribution in [0.25, 0.3) is 0 Å². The lowest BCUT2D eigenvalue weighted by Gasteiger charge is -2.31. The molecule has 3 rings (SSSR count). The van der Waals surface area contributed by atoms with Crippen molar-refractivity contribution >= 4 is 11.9 Å². The fraction of sp³-hybridized carbons (Fsp3) is 0.429. The molecule has 2 saturated heterocycles. The van der Waals surface area contributed by atoms with Gasteiger partial charge in [-0.05, 0) is 17.7 Å². The van der Waals surface area contributed by atoms with E-state index in [-0.39, 0.29) is 0 Å². The van der Waals surface area contributed by atoms with Crippen LogP contribution in [0, 0.1) is 0 Å². The summed E-state index contributed by atoms with van der Waals surface area (Å²) in [4.78, 5) is 24.1. The van der Waals surface area contributed by atoms with Crippen molar-refractivity contribution < 1.29 is 28.5 Å². The molecule has 0 aromatic heterocycles. The van der Waals surface area contributed by atoms with E-state index in [0.29, 0.717) is 11.3 Å². The van der Waals surface area contributed by atoms with Crippen molar-refractivity contribution in [3.8, 4) is 5.75 Å². The number of methoxy groups -OCH3 is 1. The molecule has 6 nitrogen and oxygen atoms in total. The number of carbonyl (C=O) groups excluding carboxylic acids is 2. The molecule has 2 aliphatic rings. The van der Waals surface area contributed by atoms with Crippen molar-refractivity contribution in [3.63, 3.8) is 0 Å². The van der Waals surface area contributed by atoms with Gasteiger partial charge in [0.05, 0.1) is 7.11 Å². The van der Waals surface area contributed by atoms with E-state index in [2.05, 4.69) is 0 Å². The highest BCUT2D eigenvalue weighted by atomic mass is 16.8. The number of rotatable bonds is 2. The van der Waals surface area contributed by atoms with Gasteiger partial charge in [0.2, 0.25) is 0 Å². The van der Waals surface area contributed by atoms with Crippen LogP contribution >= 0.6 is 0 Å². The van der Waals surface area contributed by atoms with Crippen LogP contribution in [-0.2, 0) is 23.8 Å². The summed E-state index contributed by atoms with van der Waals surface area (Å²) >= 11 is 0. The van der Waals surface area contributed by atoms with Gasteiger partial charge in [-0.25, -0.2) is 9.59 Å². The smallest absolute Gasteiger partial charge is 0.356 e. The number of ether oxygens (including phenoxy) is 4. The zero-order valence-corrected chi connectivity index (χ0v) is 11.3. The predicted octanol–water partition coefficient (Wildman–Crippen LogP) is 1.34. The molecule has 1 atom stereocenters. The molecular formula is C14H14O6. The zero-order chi connectivity index (χ0) is 14.5. The first kappa shape index (κ1) is 12.9. The molecule has 0 bridgehead atoms. The summed E-state index contributed by atoms with van der Waals surface area (Å²) in [6.45, 7) is 3.00. The van der Waals surface area contributed by atoms with E-state index >= 15 is 0 Å². The molecule has 0 aliphatic carbocycles. The number of hydrogen-bond acceptors (Lipinski definition) is 6. The number of benzene rings is 1. The van der Waals surface area contributed by atoms with Crippen LogP contribution in [0.4, 0.5) is 0 Å². The highest BCUT2D eigenvalue weighted by molar-refractivity contribution is 6.09. The third-order valence-corrected chi connectivity index (χ3v) is 3.30. The maximum absolute atomic E-state index is 12.1. The molecule has 2 fully saturated rings. The first-order valence-electron chi connectivity index (χ1n) is 6.18. The van der Waals surface area contributed by atoms with Crippen LogP contribution in [-0.4, -0.2) is 30.4 Å². The molecule has 0 N–H and O–H groups in total. The Hall–Kier alpha value is -2.08. The van der Waals surface area contributed by atoms with Gasteiger partial charge >= 0.3 is 11.9 Å². The number of esters is 2. The Balaban J connectivity index is 1.90. The van der Waals surface area contributed by atoms with Gasteiger partial charge in [0.25, 0.3) is 11.4 Å². The van der Waals surface area contributed by atoms with Crippen molar-refractivity contribution in [1.29, 1.82) is 0 Å². The van der Waals surface area contributed by atoms with Gasteiger partial charge in [-0.1, -0.05) is 12.1 Å². The number of carbonyl (C=O) groups is 2. The third-order valence-electron chi connectivity index (χ3n) is 3.30. The molecule has 0 radical (unpaired) electrons. The molecule has 1 aromatic rings. The van der Waals surface area contributed by atoms with Crippen LogP contribution < -0.4 is 4.74 Å². The van der Waals surface area contributed by atoms with E-state index in [9.17, 15) is 9.59 Å². The fourth-order valence-electron chi connectivity index (χ4n) is 2.27. The molecule has 1 unspecified atom stereocenters. The van der Waals surface area contributed by atoms with E-state index in [0.717, 1.165) is 0 Å². The number of epoxide rings is 1. The van der Waals surface area contributed by atoms with E-state index in [1.54, 1.807) is 24.3 Å². The maximum Gasteiger partial charge on any atom is 0.356 e. The van der Waals surface area contributed by atoms with Crippen molar-refractivity contribution in [2.45, 2.75) is 31.3 Å². The Morgan fingerprint density at radius 1 is 1.15 bits per heavy atom. The highest BCUT2D eigenvalue weighted by Crippen LogP contribution is 2.54. The highest BCUT2D eigenvalue weighted by Gasteiger charge is 2.75. The second-order valence-corrected chi connectivity index (χ2v) is 5.19. The van der Waals surface area contributed by atoms with E-state index in [1.165, 1.54) is 21.0 Å². The molecule has 0 amide bonds. The SMILES string of the molecule is COc1cccc(C2OC23C(=O)OC(C)(C)OC3=O)c1. The second kappa shape index (κ2) is 3.96. The van der Waals surface area contributed by atoms with Gasteiger partial charge in [0, 0.05) is 13.8 Å². The number of hydrogen-bond donors (Lipinski definition) is 0. The number of cyclic esters (lactones) is 2. The Bertz CT molecular complexity index is 571. The quantitative estimate of drug-likeness (QED) is 0.462. The van der Waals surface area contributed by atoms with Crippen LogP contribution in [0.5, 0.6) is 5.75 Å². The summed E-state index contributed by atoms with van der Waals surface area (Å²) in [7, 11) is 1.54. The Labute approximate surface area is 115 Å². The van der Waals surface area contributed by atoms with Gasteiger partial charge < -0.3 is 18.9 Å². The first-order chi connectivity index (χ1) is 9.39.